The maximum absolute atomic E-state index is 13.5. The van der Waals surface area contributed by atoms with Crippen LogP contribution in [0.3, 0.4) is 0 Å². The molecular formula is C17H25FN2O3. The van der Waals surface area contributed by atoms with Gasteiger partial charge in [0.1, 0.15) is 11.4 Å². The summed E-state index contributed by atoms with van der Waals surface area (Å²) in [4.78, 5) is 11.8. The Kier molecular flexibility index (Phi) is 8.27. The third-order valence-corrected chi connectivity index (χ3v) is 3.05. The van der Waals surface area contributed by atoms with E-state index in [2.05, 4.69) is 6.58 Å². The maximum Gasteiger partial charge on any atom is 0.434 e. The lowest BCUT2D eigenvalue weighted by atomic mass is 10.0. The minimum Gasteiger partial charge on any atom is -0.442 e. The van der Waals surface area contributed by atoms with Crippen LogP contribution in [0.25, 0.3) is 0 Å². The zero-order valence-electron chi connectivity index (χ0n) is 14.4. The molecule has 0 spiro atoms. The van der Waals surface area contributed by atoms with Crippen molar-refractivity contribution in [2.45, 2.75) is 59.1 Å². The van der Waals surface area contributed by atoms with Crippen LogP contribution in [0, 0.1) is 11.3 Å². The molecule has 0 fully saturated rings. The van der Waals surface area contributed by atoms with E-state index < -0.39 is 23.6 Å². The summed E-state index contributed by atoms with van der Waals surface area (Å²) in [5, 5.41) is 19.6. The Hall–Kier alpha value is -2.13. The number of nitriles is 1. The van der Waals surface area contributed by atoms with Crippen LogP contribution in [0.4, 0.5) is 9.18 Å². The third-order valence-electron chi connectivity index (χ3n) is 3.05. The van der Waals surface area contributed by atoms with Crippen molar-refractivity contribution >= 4 is 6.09 Å². The fourth-order valence-electron chi connectivity index (χ4n) is 1.72. The Morgan fingerprint density at radius 1 is 1.52 bits per heavy atom. The molecule has 0 bridgehead atoms. The highest BCUT2D eigenvalue weighted by Gasteiger charge is 2.26. The van der Waals surface area contributed by atoms with Gasteiger partial charge in [-0.25, -0.2) is 9.18 Å². The minimum absolute atomic E-state index is 0.137. The molecule has 5 nitrogen and oxygen atoms in total. The van der Waals surface area contributed by atoms with Crippen molar-refractivity contribution in [1.29, 1.82) is 5.26 Å². The van der Waals surface area contributed by atoms with Gasteiger partial charge in [0, 0.05) is 5.57 Å². The average Bonchev–Trinajstić information content (AvgIpc) is 2.48. The van der Waals surface area contributed by atoms with Crippen molar-refractivity contribution < 1.29 is 19.1 Å². The lowest BCUT2D eigenvalue weighted by Crippen LogP contribution is -2.40. The summed E-state index contributed by atoms with van der Waals surface area (Å²) in [6.45, 7) is 11.7. The number of amides is 1. The van der Waals surface area contributed by atoms with Gasteiger partial charge in [0.25, 0.3) is 0 Å². The second-order valence-electron chi connectivity index (χ2n) is 6.03. The summed E-state index contributed by atoms with van der Waals surface area (Å²) in [6.07, 6.45) is 2.28. The first-order valence-electron chi connectivity index (χ1n) is 7.37. The fourth-order valence-corrected chi connectivity index (χ4v) is 1.72. The first-order chi connectivity index (χ1) is 10.6. The summed E-state index contributed by atoms with van der Waals surface area (Å²) < 4.78 is 18.6. The monoisotopic (exact) mass is 324 g/mol. The van der Waals surface area contributed by atoms with Crippen molar-refractivity contribution in [2.75, 3.05) is 0 Å². The topological polar surface area (TPSA) is 73.6 Å². The van der Waals surface area contributed by atoms with Crippen molar-refractivity contribution in [3.8, 4) is 6.07 Å². The summed E-state index contributed by atoms with van der Waals surface area (Å²) >= 11 is 0. The molecule has 0 saturated heterocycles. The zero-order valence-corrected chi connectivity index (χ0v) is 14.4. The maximum atomic E-state index is 13.5. The molecule has 0 heterocycles. The molecule has 6 heteroatoms. The molecule has 0 aromatic heterocycles. The first kappa shape index (κ1) is 20.9. The number of rotatable bonds is 6. The summed E-state index contributed by atoms with van der Waals surface area (Å²) in [5.41, 5.74) is -0.422. The molecule has 0 saturated carbocycles. The Morgan fingerprint density at radius 2 is 2.09 bits per heavy atom. The van der Waals surface area contributed by atoms with Gasteiger partial charge in [0.05, 0.1) is 17.7 Å². The predicted molar refractivity (Wildman–Crippen MR) is 86.3 cm³/mol. The van der Waals surface area contributed by atoms with Crippen molar-refractivity contribution in [2.24, 2.45) is 0 Å². The van der Waals surface area contributed by atoms with Gasteiger partial charge in [-0.05, 0) is 46.6 Å². The van der Waals surface area contributed by atoms with Crippen LogP contribution >= 0.6 is 0 Å². The Bertz CT molecular complexity index is 539. The summed E-state index contributed by atoms with van der Waals surface area (Å²) in [7, 11) is 0. The Balaban J connectivity index is 5.15. The van der Waals surface area contributed by atoms with E-state index in [-0.39, 0.29) is 17.6 Å². The second-order valence-corrected chi connectivity index (χ2v) is 6.03. The first-order valence-corrected chi connectivity index (χ1v) is 7.37. The molecule has 1 amide bonds. The number of hydrogen-bond donors (Lipinski definition) is 1. The lowest BCUT2D eigenvalue weighted by molar-refractivity contribution is -0.120. The van der Waals surface area contributed by atoms with E-state index in [1.807, 2.05) is 6.07 Å². The highest BCUT2D eigenvalue weighted by atomic mass is 19.1. The van der Waals surface area contributed by atoms with Gasteiger partial charge in [-0.3, -0.25) is 5.21 Å². The van der Waals surface area contributed by atoms with E-state index in [1.54, 1.807) is 27.7 Å². The van der Waals surface area contributed by atoms with Gasteiger partial charge in [0.2, 0.25) is 0 Å². The van der Waals surface area contributed by atoms with E-state index in [0.29, 0.717) is 11.5 Å². The molecule has 0 radical (unpaired) electrons. The molecule has 0 aromatic carbocycles. The highest BCUT2D eigenvalue weighted by Crippen LogP contribution is 2.19. The van der Waals surface area contributed by atoms with Crippen LogP contribution in [0.1, 0.15) is 47.5 Å². The standard InChI is InChI=1S/C17H25FN2O3/c1-7-14(20(22)16(21)23-17(4,5)6)10-9-13(11-19)12(3)15(18)8-2/h8-9,14,22H,2,7,10H2,1,3-6H3/b13-9-,15-12+/t14-/m0/s1. The van der Waals surface area contributed by atoms with Gasteiger partial charge in [0.15, 0.2) is 0 Å². The van der Waals surface area contributed by atoms with E-state index in [0.717, 1.165) is 6.08 Å². The zero-order chi connectivity index (χ0) is 18.2. The molecule has 0 rings (SSSR count). The van der Waals surface area contributed by atoms with Gasteiger partial charge in [-0.1, -0.05) is 19.6 Å². The van der Waals surface area contributed by atoms with E-state index in [1.165, 1.54) is 13.0 Å². The van der Waals surface area contributed by atoms with Crippen LogP contribution in [-0.2, 0) is 4.74 Å². The van der Waals surface area contributed by atoms with Crippen molar-refractivity contribution in [3.63, 3.8) is 0 Å². The number of hydrogen-bond acceptors (Lipinski definition) is 4. The van der Waals surface area contributed by atoms with Crippen LogP contribution < -0.4 is 0 Å². The van der Waals surface area contributed by atoms with E-state index in [4.69, 9.17) is 10.00 Å². The molecule has 1 atom stereocenters. The van der Waals surface area contributed by atoms with Crippen molar-refractivity contribution in [3.05, 3.63) is 35.7 Å². The van der Waals surface area contributed by atoms with Gasteiger partial charge in [-0.15, -0.1) is 0 Å². The molecule has 128 valence electrons. The number of carbonyl (C=O) groups excluding carboxylic acids is 1. The SMILES string of the molecule is C=C/C(F)=C(C)\C(C#N)=C/C[C@H](CC)N(O)C(=O)OC(C)(C)C. The van der Waals surface area contributed by atoms with Crippen molar-refractivity contribution in [1.82, 2.24) is 5.06 Å². The normalized spacial score (nSPS) is 14.4. The molecule has 0 aromatic rings. The molecule has 0 aliphatic heterocycles. The number of allylic oxidation sites excluding steroid dienone is 4. The average molecular weight is 324 g/mol. The predicted octanol–water partition coefficient (Wildman–Crippen LogP) is 4.66. The molecule has 0 aliphatic carbocycles. The summed E-state index contributed by atoms with van der Waals surface area (Å²) in [5.74, 6) is -0.584. The van der Waals surface area contributed by atoms with Gasteiger partial charge in [-0.2, -0.15) is 10.3 Å². The lowest BCUT2D eigenvalue weighted by Gasteiger charge is -2.27. The molecule has 23 heavy (non-hydrogen) atoms. The largest absolute Gasteiger partial charge is 0.442 e. The Morgan fingerprint density at radius 3 is 2.48 bits per heavy atom. The Labute approximate surface area is 137 Å². The number of halogens is 1. The molecular weight excluding hydrogens is 299 g/mol. The van der Waals surface area contributed by atoms with Crippen LogP contribution in [0.2, 0.25) is 0 Å². The van der Waals surface area contributed by atoms with Crippen LogP contribution in [-0.4, -0.2) is 28.0 Å². The van der Waals surface area contributed by atoms with Crippen LogP contribution in [0.5, 0.6) is 0 Å². The second kappa shape index (κ2) is 9.11. The molecule has 1 N–H and O–H groups in total. The van der Waals surface area contributed by atoms with E-state index >= 15 is 0 Å². The molecule has 0 aliphatic rings. The summed E-state index contributed by atoms with van der Waals surface area (Å²) in [6, 6.07) is 1.33. The highest BCUT2D eigenvalue weighted by molar-refractivity contribution is 5.67. The minimum atomic E-state index is -0.860. The molecule has 0 unspecified atom stereocenters. The van der Waals surface area contributed by atoms with E-state index in [9.17, 15) is 14.4 Å². The number of ether oxygens (including phenoxy) is 1. The van der Waals surface area contributed by atoms with Crippen LogP contribution in [0.15, 0.2) is 35.7 Å². The third kappa shape index (κ3) is 7.11. The smallest absolute Gasteiger partial charge is 0.434 e. The fraction of sp³-hybridized carbons (Fsp3) is 0.529. The van der Waals surface area contributed by atoms with Gasteiger partial charge < -0.3 is 4.74 Å². The number of carbonyl (C=O) groups is 1. The van der Waals surface area contributed by atoms with Gasteiger partial charge >= 0.3 is 6.09 Å². The quantitative estimate of drug-likeness (QED) is 0.334. The number of nitrogens with zero attached hydrogens (tertiary/aromatic N) is 2. The number of hydroxylamine groups is 2.